The number of esters is 1. The van der Waals surface area contributed by atoms with Gasteiger partial charge >= 0.3 is 5.97 Å². The van der Waals surface area contributed by atoms with Gasteiger partial charge in [0.15, 0.2) is 5.82 Å². The number of amidine groups is 1. The van der Waals surface area contributed by atoms with Gasteiger partial charge in [-0.2, -0.15) is 0 Å². The Kier molecular flexibility index (Phi) is 10.8. The van der Waals surface area contributed by atoms with E-state index in [2.05, 4.69) is 6.92 Å². The number of anilines is 1. The van der Waals surface area contributed by atoms with Crippen LogP contribution in [0.3, 0.4) is 0 Å². The number of carbonyl (C=O) groups is 2. The Labute approximate surface area is 202 Å². The van der Waals surface area contributed by atoms with E-state index in [1.165, 1.54) is 0 Å². The van der Waals surface area contributed by atoms with Crippen molar-refractivity contribution in [3.63, 3.8) is 0 Å². The van der Waals surface area contributed by atoms with Crippen LogP contribution in [-0.4, -0.2) is 61.5 Å². The molecule has 0 radical (unpaired) electrons. The molecule has 3 N–H and O–H groups in total. The van der Waals surface area contributed by atoms with Crippen LogP contribution in [-0.2, 0) is 25.7 Å². The average molecular weight is 479 g/mol. The van der Waals surface area contributed by atoms with Crippen molar-refractivity contribution in [1.82, 2.24) is 4.90 Å². The highest BCUT2D eigenvalue weighted by atomic mass is 19.1. The summed E-state index contributed by atoms with van der Waals surface area (Å²) in [6.07, 6.45) is 4.58. The fraction of sp³-hybridized carbons (Fsp3) is 0.640. The molecule has 1 aromatic rings. The average Bonchev–Trinajstić information content (AvgIpc) is 2.82. The molecule has 1 aliphatic carbocycles. The highest BCUT2D eigenvalue weighted by Gasteiger charge is 2.31. The van der Waals surface area contributed by atoms with Crippen LogP contribution < -0.4 is 10.6 Å². The van der Waals surface area contributed by atoms with E-state index in [1.807, 2.05) is 9.80 Å². The maximum Gasteiger partial charge on any atom is 0.313 e. The Balaban J connectivity index is 0.00000408. The van der Waals surface area contributed by atoms with E-state index in [-0.39, 0.29) is 49.8 Å². The molecule has 0 bridgehead atoms. The first-order valence-electron chi connectivity index (χ1n) is 11.8. The Morgan fingerprint density at radius 1 is 1.15 bits per heavy atom. The van der Waals surface area contributed by atoms with Gasteiger partial charge in [0.25, 0.3) is 0 Å². The lowest BCUT2D eigenvalue weighted by Crippen LogP contribution is -2.51. The quantitative estimate of drug-likeness (QED) is 0.320. The molecule has 9 heteroatoms. The monoisotopic (exact) mass is 478 g/mol. The molecule has 1 saturated carbocycles. The van der Waals surface area contributed by atoms with Gasteiger partial charge in [0.1, 0.15) is 18.9 Å². The largest absolute Gasteiger partial charge is 0.460 e. The van der Waals surface area contributed by atoms with E-state index in [4.69, 9.17) is 20.6 Å². The maximum absolute atomic E-state index is 15.0. The summed E-state index contributed by atoms with van der Waals surface area (Å²) in [4.78, 5) is 28.4. The number of rotatable bonds is 9. The van der Waals surface area contributed by atoms with Crippen molar-refractivity contribution in [2.75, 3.05) is 37.7 Å². The normalized spacial score (nSPS) is 20.4. The maximum atomic E-state index is 15.0. The molecule has 1 amide bonds. The number of hydrogen-bond acceptors (Lipinski definition) is 6. The predicted octanol–water partition coefficient (Wildman–Crippen LogP) is 3.47. The van der Waals surface area contributed by atoms with Crippen LogP contribution >= 0.6 is 0 Å². The zero-order valence-electron chi connectivity index (χ0n) is 19.4. The van der Waals surface area contributed by atoms with Gasteiger partial charge in [0.2, 0.25) is 5.91 Å². The number of carbonyl (C=O) groups excluding carboxylic acids is 2. The summed E-state index contributed by atoms with van der Waals surface area (Å²) in [5.41, 5.74) is 5.89. The van der Waals surface area contributed by atoms with Gasteiger partial charge in [-0.1, -0.05) is 26.5 Å². The van der Waals surface area contributed by atoms with E-state index in [0.717, 1.165) is 38.7 Å². The Morgan fingerprint density at radius 3 is 2.44 bits per heavy atom. The Bertz CT molecular complexity index is 834. The van der Waals surface area contributed by atoms with Gasteiger partial charge in [0.05, 0.1) is 11.8 Å². The summed E-state index contributed by atoms with van der Waals surface area (Å²) in [5.74, 6) is -1.12. The molecule has 1 aromatic carbocycles. The fourth-order valence-corrected chi connectivity index (χ4v) is 4.47. The second kappa shape index (κ2) is 13.3. The third-order valence-corrected chi connectivity index (χ3v) is 6.29. The molecule has 2 aliphatic rings. The number of amides is 1. The lowest BCUT2D eigenvalue weighted by molar-refractivity contribution is -0.143. The van der Waals surface area contributed by atoms with Crippen molar-refractivity contribution in [3.05, 3.63) is 29.6 Å². The molecule has 0 aromatic heterocycles. The van der Waals surface area contributed by atoms with E-state index in [9.17, 15) is 9.59 Å². The minimum atomic E-state index is -0.662. The Hall–Kier alpha value is -2.68. The predicted molar refractivity (Wildman–Crippen MR) is 130 cm³/mol. The summed E-state index contributed by atoms with van der Waals surface area (Å²) < 4.78 is 25.9. The summed E-state index contributed by atoms with van der Waals surface area (Å²) in [5, 5.41) is 7.13. The van der Waals surface area contributed by atoms with Gasteiger partial charge in [-0.05, 0) is 38.2 Å². The third kappa shape index (κ3) is 7.41. The van der Waals surface area contributed by atoms with Crippen molar-refractivity contribution in [2.24, 2.45) is 11.7 Å². The molecule has 3 rings (SSSR count). The minimum Gasteiger partial charge on any atom is -0.460 e. The number of benzene rings is 1. The highest BCUT2D eigenvalue weighted by Crippen LogP contribution is 2.29. The first-order valence-corrected chi connectivity index (χ1v) is 11.8. The van der Waals surface area contributed by atoms with E-state index in [0.29, 0.717) is 31.9 Å². The smallest absolute Gasteiger partial charge is 0.313 e. The molecule has 2 fully saturated rings. The molecule has 190 valence electrons. The van der Waals surface area contributed by atoms with Crippen LogP contribution in [0.5, 0.6) is 0 Å². The summed E-state index contributed by atoms with van der Waals surface area (Å²) in [6.45, 7) is 4.88. The van der Waals surface area contributed by atoms with E-state index >= 15 is 4.39 Å². The van der Waals surface area contributed by atoms with Crippen molar-refractivity contribution in [3.8, 4) is 0 Å². The molecular weight excluding hydrogens is 439 g/mol. The van der Waals surface area contributed by atoms with Crippen molar-refractivity contribution in [1.29, 1.82) is 5.41 Å². The van der Waals surface area contributed by atoms with Crippen molar-refractivity contribution in [2.45, 2.75) is 65.6 Å². The van der Waals surface area contributed by atoms with Crippen molar-refractivity contribution < 1.29 is 23.5 Å². The number of nitrogens with two attached hydrogens (primary N) is 1. The fourth-order valence-electron chi connectivity index (χ4n) is 4.47. The molecule has 0 atom stereocenters. The van der Waals surface area contributed by atoms with Crippen LogP contribution in [0.25, 0.3) is 0 Å². The number of nitrogens with one attached hydrogen (secondary N) is 1. The van der Waals surface area contributed by atoms with Crippen LogP contribution in [0, 0.1) is 17.1 Å². The lowest BCUT2D eigenvalue weighted by Gasteiger charge is -2.39. The van der Waals surface area contributed by atoms with Crippen molar-refractivity contribution >= 4 is 23.4 Å². The van der Waals surface area contributed by atoms with Gasteiger partial charge in [0, 0.05) is 44.3 Å². The van der Waals surface area contributed by atoms with Crippen LogP contribution in [0.1, 0.15) is 58.4 Å². The summed E-state index contributed by atoms with van der Waals surface area (Å²) in [6, 6.07) is 4.99. The molecule has 0 unspecified atom stereocenters. The van der Waals surface area contributed by atoms with Crippen LogP contribution in [0.15, 0.2) is 18.2 Å². The molecule has 8 nitrogen and oxygen atoms in total. The first-order chi connectivity index (χ1) is 15.9. The molecule has 0 spiro atoms. The summed E-state index contributed by atoms with van der Waals surface area (Å²) in [7, 11) is 0. The number of piperazine rings is 1. The third-order valence-electron chi connectivity index (χ3n) is 6.29. The first kappa shape index (κ1) is 27.6. The highest BCUT2D eigenvalue weighted by molar-refractivity contribution is 5.94. The van der Waals surface area contributed by atoms with Crippen LogP contribution in [0.2, 0.25) is 0 Å². The SMILES string of the molecule is C.CCCOC1CCC(C(=O)N2CCN(c3cccc(COC(=O)CC(=N)N)c3F)CC2)CC1. The molecule has 34 heavy (non-hydrogen) atoms. The van der Waals surface area contributed by atoms with Gasteiger partial charge < -0.3 is 25.0 Å². The zero-order valence-corrected chi connectivity index (χ0v) is 19.4. The van der Waals surface area contributed by atoms with Gasteiger partial charge in [-0.3, -0.25) is 15.0 Å². The van der Waals surface area contributed by atoms with Gasteiger partial charge in [-0.25, -0.2) is 4.39 Å². The zero-order chi connectivity index (χ0) is 23.8. The second-order valence-corrected chi connectivity index (χ2v) is 8.77. The second-order valence-electron chi connectivity index (χ2n) is 8.77. The number of hydrogen-bond donors (Lipinski definition) is 2. The summed E-state index contributed by atoms with van der Waals surface area (Å²) >= 11 is 0. The van der Waals surface area contributed by atoms with E-state index < -0.39 is 11.8 Å². The molecule has 1 saturated heterocycles. The number of ether oxygens (including phenoxy) is 2. The number of nitrogens with zero attached hydrogens (tertiary/aromatic N) is 2. The Morgan fingerprint density at radius 2 is 1.82 bits per heavy atom. The van der Waals surface area contributed by atoms with Crippen LogP contribution in [0.4, 0.5) is 10.1 Å². The molecule has 1 aliphatic heterocycles. The van der Waals surface area contributed by atoms with E-state index in [1.54, 1.807) is 18.2 Å². The minimum absolute atomic E-state index is 0. The number of halogens is 1. The lowest BCUT2D eigenvalue weighted by atomic mass is 9.86. The molecular formula is C25H39FN4O4. The topological polar surface area (TPSA) is 109 Å². The standard InChI is InChI=1S/C24H35FN4O4.CH4/c1-2-14-32-19-8-6-17(7-9-19)24(31)29-12-10-28(11-13-29)20-5-3-4-18(23(20)25)16-33-22(30)15-21(26)27;/h3-5,17,19H,2,6-16H2,1H3,(H3,26,27);1H4. The van der Waals surface area contributed by atoms with Gasteiger partial charge in [-0.15, -0.1) is 0 Å². The molecule has 1 heterocycles.